The fraction of sp³-hybridized carbons (Fsp3) is 0.200. The molecular formula is C20H17ClN2O3. The van der Waals surface area contributed by atoms with Gasteiger partial charge in [-0.2, -0.15) is 0 Å². The maximum absolute atomic E-state index is 13.2. The molecule has 1 heterocycles. The van der Waals surface area contributed by atoms with E-state index < -0.39 is 0 Å². The maximum Gasteiger partial charge on any atom is 0.212 e. The number of hydrogen-bond acceptors (Lipinski definition) is 5. The Morgan fingerprint density at radius 2 is 1.62 bits per heavy atom. The van der Waals surface area contributed by atoms with Gasteiger partial charge in [-0.05, 0) is 18.2 Å². The lowest BCUT2D eigenvalue weighted by atomic mass is 9.89. The molecule has 1 saturated heterocycles. The summed E-state index contributed by atoms with van der Waals surface area (Å²) >= 11 is 6.06. The molecule has 0 unspecified atom stereocenters. The fourth-order valence-electron chi connectivity index (χ4n) is 3.28. The lowest BCUT2D eigenvalue weighted by molar-refractivity contribution is 0.0496. The standard InChI is InChI=1S/C20H17ClN2O3/c21-13-4-3-5-14(12-13)22-17-18(23-8-10-26-11-9-23)20(25)16-7-2-1-6-15(16)19(17)24/h1-7,12,22H,8-11H2. The third kappa shape index (κ3) is 3.00. The number of fused-ring (bicyclic) bond motifs is 1. The maximum atomic E-state index is 13.2. The molecule has 2 aromatic carbocycles. The number of anilines is 1. The van der Waals surface area contributed by atoms with Crippen LogP contribution in [-0.4, -0.2) is 42.8 Å². The van der Waals surface area contributed by atoms with Gasteiger partial charge >= 0.3 is 0 Å². The van der Waals surface area contributed by atoms with Crippen LogP contribution in [0.3, 0.4) is 0 Å². The summed E-state index contributed by atoms with van der Waals surface area (Å²) in [6.45, 7) is 2.18. The largest absolute Gasteiger partial charge is 0.378 e. The van der Waals surface area contributed by atoms with E-state index in [-0.39, 0.29) is 17.3 Å². The number of benzene rings is 2. The van der Waals surface area contributed by atoms with Crippen molar-refractivity contribution in [2.24, 2.45) is 0 Å². The number of allylic oxidation sites excluding steroid dienone is 2. The van der Waals surface area contributed by atoms with Crippen LogP contribution in [0.15, 0.2) is 59.9 Å². The van der Waals surface area contributed by atoms with Crippen LogP contribution in [0.1, 0.15) is 20.7 Å². The van der Waals surface area contributed by atoms with Crippen LogP contribution < -0.4 is 5.32 Å². The molecule has 0 bridgehead atoms. The van der Waals surface area contributed by atoms with Crippen molar-refractivity contribution in [3.05, 3.63) is 76.1 Å². The van der Waals surface area contributed by atoms with Gasteiger partial charge < -0.3 is 15.0 Å². The van der Waals surface area contributed by atoms with E-state index in [1.165, 1.54) is 0 Å². The first-order chi connectivity index (χ1) is 12.6. The Morgan fingerprint density at radius 3 is 2.31 bits per heavy atom. The first kappa shape index (κ1) is 16.8. The van der Waals surface area contributed by atoms with E-state index >= 15 is 0 Å². The minimum Gasteiger partial charge on any atom is -0.378 e. The lowest BCUT2D eigenvalue weighted by Gasteiger charge is -2.34. The molecule has 1 N–H and O–H groups in total. The third-order valence-electron chi connectivity index (χ3n) is 4.52. The summed E-state index contributed by atoms with van der Waals surface area (Å²) in [5.74, 6) is -0.340. The Labute approximate surface area is 156 Å². The van der Waals surface area contributed by atoms with E-state index in [0.29, 0.717) is 53.8 Å². The van der Waals surface area contributed by atoms with E-state index in [1.807, 2.05) is 11.0 Å². The van der Waals surface area contributed by atoms with Crippen LogP contribution in [0.4, 0.5) is 5.69 Å². The van der Waals surface area contributed by atoms with Crippen molar-refractivity contribution >= 4 is 28.9 Å². The summed E-state index contributed by atoms with van der Waals surface area (Å²) < 4.78 is 5.39. The van der Waals surface area contributed by atoms with Gasteiger partial charge in [-0.15, -0.1) is 0 Å². The number of nitrogens with zero attached hydrogens (tertiary/aromatic N) is 1. The van der Waals surface area contributed by atoms with Crippen molar-refractivity contribution in [2.45, 2.75) is 0 Å². The number of carbonyl (C=O) groups excluding carboxylic acids is 2. The van der Waals surface area contributed by atoms with E-state index in [4.69, 9.17) is 16.3 Å². The molecule has 0 amide bonds. The van der Waals surface area contributed by atoms with Gasteiger partial charge in [-0.1, -0.05) is 41.9 Å². The molecule has 0 saturated carbocycles. The molecule has 5 nitrogen and oxygen atoms in total. The highest BCUT2D eigenvalue weighted by molar-refractivity contribution is 6.31. The molecule has 0 atom stereocenters. The third-order valence-corrected chi connectivity index (χ3v) is 4.75. The van der Waals surface area contributed by atoms with Gasteiger partial charge in [-0.25, -0.2) is 0 Å². The van der Waals surface area contributed by atoms with Gasteiger partial charge in [0.15, 0.2) is 0 Å². The van der Waals surface area contributed by atoms with Gasteiger partial charge in [0.1, 0.15) is 11.4 Å². The number of hydrogen-bond donors (Lipinski definition) is 1. The second-order valence-corrected chi connectivity index (χ2v) is 6.60. The number of ether oxygens (including phenoxy) is 1. The van der Waals surface area contributed by atoms with E-state index in [9.17, 15) is 9.59 Å². The molecule has 132 valence electrons. The van der Waals surface area contributed by atoms with Crippen LogP contribution in [-0.2, 0) is 4.74 Å². The molecule has 0 spiro atoms. The number of halogens is 1. The minimum atomic E-state index is -0.193. The van der Waals surface area contributed by atoms with Gasteiger partial charge in [0.2, 0.25) is 11.6 Å². The molecule has 2 aliphatic rings. The van der Waals surface area contributed by atoms with Crippen LogP contribution in [0.2, 0.25) is 5.02 Å². The van der Waals surface area contributed by atoms with Crippen molar-refractivity contribution in [1.82, 2.24) is 4.90 Å². The molecule has 4 rings (SSSR count). The molecule has 2 aromatic rings. The molecule has 1 fully saturated rings. The Hall–Kier alpha value is -2.63. The number of Topliss-reactive ketones (excluding diaryl/α,β-unsaturated/α-hetero) is 2. The smallest absolute Gasteiger partial charge is 0.212 e. The van der Waals surface area contributed by atoms with Crippen LogP contribution >= 0.6 is 11.6 Å². The Balaban J connectivity index is 1.82. The fourth-order valence-corrected chi connectivity index (χ4v) is 3.47. The Bertz CT molecular complexity index is 917. The molecule has 1 aliphatic heterocycles. The number of morpholine rings is 1. The number of carbonyl (C=O) groups is 2. The van der Waals surface area contributed by atoms with E-state index in [0.717, 1.165) is 0 Å². The lowest BCUT2D eigenvalue weighted by Crippen LogP contribution is -2.42. The first-order valence-electron chi connectivity index (χ1n) is 8.43. The van der Waals surface area contributed by atoms with Crippen molar-refractivity contribution in [1.29, 1.82) is 0 Å². The summed E-state index contributed by atoms with van der Waals surface area (Å²) in [6, 6.07) is 14.0. The summed E-state index contributed by atoms with van der Waals surface area (Å²) in [6.07, 6.45) is 0. The summed E-state index contributed by atoms with van der Waals surface area (Å²) in [4.78, 5) is 28.2. The highest BCUT2D eigenvalue weighted by Crippen LogP contribution is 2.30. The SMILES string of the molecule is O=C1C(Nc2cccc(Cl)c2)=C(N2CCOCC2)C(=O)c2ccccc21. The average Bonchev–Trinajstić information content (AvgIpc) is 2.67. The average molecular weight is 369 g/mol. The molecule has 0 aromatic heterocycles. The van der Waals surface area contributed by atoms with E-state index in [2.05, 4.69) is 5.32 Å². The molecule has 0 radical (unpaired) electrons. The normalized spacial score (nSPS) is 17.3. The highest BCUT2D eigenvalue weighted by atomic mass is 35.5. The minimum absolute atomic E-state index is 0.147. The number of ketones is 2. The van der Waals surface area contributed by atoms with Gasteiger partial charge in [-0.3, -0.25) is 9.59 Å². The summed E-state index contributed by atoms with van der Waals surface area (Å²) in [7, 11) is 0. The van der Waals surface area contributed by atoms with Gasteiger partial charge in [0.25, 0.3) is 0 Å². The Kier molecular flexibility index (Phi) is 4.49. The second-order valence-electron chi connectivity index (χ2n) is 6.16. The quantitative estimate of drug-likeness (QED) is 0.900. The van der Waals surface area contributed by atoms with Gasteiger partial charge in [0, 0.05) is 34.9 Å². The highest BCUT2D eigenvalue weighted by Gasteiger charge is 2.35. The zero-order valence-corrected chi connectivity index (χ0v) is 14.8. The topological polar surface area (TPSA) is 58.6 Å². The predicted molar refractivity (Wildman–Crippen MR) is 99.6 cm³/mol. The molecule has 1 aliphatic carbocycles. The monoisotopic (exact) mass is 368 g/mol. The van der Waals surface area contributed by atoms with Gasteiger partial charge in [0.05, 0.1) is 13.2 Å². The summed E-state index contributed by atoms with van der Waals surface area (Å²) in [5.41, 5.74) is 2.21. The first-order valence-corrected chi connectivity index (χ1v) is 8.81. The Morgan fingerprint density at radius 1 is 0.923 bits per heavy atom. The second kappa shape index (κ2) is 6.94. The van der Waals surface area contributed by atoms with Crippen molar-refractivity contribution in [3.8, 4) is 0 Å². The number of nitrogens with one attached hydrogen (secondary N) is 1. The van der Waals surface area contributed by atoms with E-state index in [1.54, 1.807) is 42.5 Å². The van der Waals surface area contributed by atoms with Crippen LogP contribution in [0.5, 0.6) is 0 Å². The van der Waals surface area contributed by atoms with Crippen LogP contribution in [0, 0.1) is 0 Å². The predicted octanol–water partition coefficient (Wildman–Crippen LogP) is 3.37. The van der Waals surface area contributed by atoms with Crippen molar-refractivity contribution < 1.29 is 14.3 Å². The zero-order valence-electron chi connectivity index (χ0n) is 14.0. The molecule has 6 heteroatoms. The molecule has 26 heavy (non-hydrogen) atoms. The van der Waals surface area contributed by atoms with Crippen molar-refractivity contribution in [2.75, 3.05) is 31.6 Å². The zero-order chi connectivity index (χ0) is 18.1. The summed E-state index contributed by atoms with van der Waals surface area (Å²) in [5, 5.41) is 3.69. The van der Waals surface area contributed by atoms with Crippen LogP contribution in [0.25, 0.3) is 0 Å². The van der Waals surface area contributed by atoms with Crippen molar-refractivity contribution in [3.63, 3.8) is 0 Å². The molecular weight excluding hydrogens is 352 g/mol. The number of rotatable bonds is 3.